The van der Waals surface area contributed by atoms with Crippen LogP contribution in [-0.2, 0) is 0 Å². The molecule has 18 heavy (non-hydrogen) atoms. The summed E-state index contributed by atoms with van der Waals surface area (Å²) >= 11 is 5.90. The van der Waals surface area contributed by atoms with Crippen LogP contribution >= 0.6 is 11.6 Å². The maximum Gasteiger partial charge on any atom is 0.255 e. The molecule has 2 aromatic rings. The Balaban J connectivity index is 2.29. The Kier molecular flexibility index (Phi) is 3.57. The number of nitrogens with one attached hydrogen (secondary N) is 1. The second-order valence-electron chi connectivity index (χ2n) is 4.59. The van der Waals surface area contributed by atoms with Crippen LogP contribution in [-0.4, -0.2) is 26.9 Å². The van der Waals surface area contributed by atoms with Crippen LogP contribution in [0, 0.1) is 0 Å². The van der Waals surface area contributed by atoms with Crippen molar-refractivity contribution in [3.63, 3.8) is 0 Å². The van der Waals surface area contributed by atoms with Crippen molar-refractivity contribution in [2.75, 3.05) is 5.88 Å². The van der Waals surface area contributed by atoms with E-state index in [0.717, 1.165) is 11.9 Å². The molecule has 1 amide bonds. The number of carbonyl (C=O) groups is 1. The number of amides is 1. The first-order valence-electron chi connectivity index (χ1n) is 5.90. The van der Waals surface area contributed by atoms with Gasteiger partial charge in [0.2, 0.25) is 0 Å². The first-order valence-corrected chi connectivity index (χ1v) is 6.44. The van der Waals surface area contributed by atoms with Crippen LogP contribution in [0.5, 0.6) is 0 Å². The van der Waals surface area contributed by atoms with Crippen LogP contribution in [0.15, 0.2) is 30.6 Å². The third-order valence-electron chi connectivity index (χ3n) is 3.16. The summed E-state index contributed by atoms with van der Waals surface area (Å²) in [6.07, 6.45) is 4.17. The van der Waals surface area contributed by atoms with E-state index in [9.17, 15) is 4.79 Å². The molecule has 0 aliphatic rings. The third kappa shape index (κ3) is 2.34. The number of rotatable bonds is 4. The van der Waals surface area contributed by atoms with Crippen molar-refractivity contribution in [2.45, 2.75) is 25.8 Å². The molecular formula is C13H16ClN3O. The van der Waals surface area contributed by atoms with Crippen molar-refractivity contribution in [3.05, 3.63) is 36.2 Å². The predicted molar refractivity (Wildman–Crippen MR) is 72.1 cm³/mol. The highest BCUT2D eigenvalue weighted by atomic mass is 35.5. The Bertz CT molecular complexity index is 560. The number of hydrogen-bond acceptors (Lipinski definition) is 2. The average Bonchev–Trinajstić information content (AvgIpc) is 2.82. The lowest BCUT2D eigenvalue weighted by Crippen LogP contribution is -2.47. The number of pyridine rings is 1. The molecule has 1 N–H and O–H groups in total. The highest BCUT2D eigenvalue weighted by molar-refractivity contribution is 6.19. The second-order valence-corrected chi connectivity index (χ2v) is 4.86. The molecule has 0 bridgehead atoms. The van der Waals surface area contributed by atoms with Gasteiger partial charge in [0.25, 0.3) is 5.91 Å². The Morgan fingerprint density at radius 2 is 2.33 bits per heavy atom. The quantitative estimate of drug-likeness (QED) is 0.864. The van der Waals surface area contributed by atoms with Crippen molar-refractivity contribution in [1.82, 2.24) is 14.9 Å². The van der Waals surface area contributed by atoms with Gasteiger partial charge in [0.05, 0.1) is 22.8 Å². The van der Waals surface area contributed by atoms with E-state index in [0.29, 0.717) is 11.4 Å². The molecule has 2 aromatic heterocycles. The SMILES string of the molecule is CCC(C)(CCl)NC(=O)c1cnn2ccccc12. The second kappa shape index (κ2) is 4.98. The topological polar surface area (TPSA) is 46.4 Å². The van der Waals surface area contributed by atoms with Gasteiger partial charge in [0, 0.05) is 12.1 Å². The average molecular weight is 266 g/mol. The first kappa shape index (κ1) is 12.9. The van der Waals surface area contributed by atoms with Crippen LogP contribution in [0.25, 0.3) is 5.52 Å². The summed E-state index contributed by atoms with van der Waals surface area (Å²) in [7, 11) is 0. The minimum absolute atomic E-state index is 0.138. The van der Waals surface area contributed by atoms with Gasteiger partial charge in [-0.05, 0) is 25.5 Å². The molecule has 96 valence electrons. The van der Waals surface area contributed by atoms with Gasteiger partial charge >= 0.3 is 0 Å². The Labute approximate surface area is 111 Å². The van der Waals surface area contributed by atoms with E-state index in [-0.39, 0.29) is 11.4 Å². The summed E-state index contributed by atoms with van der Waals surface area (Å²) in [6, 6.07) is 5.62. The zero-order chi connectivity index (χ0) is 13.2. The van der Waals surface area contributed by atoms with Gasteiger partial charge in [0.1, 0.15) is 0 Å². The summed E-state index contributed by atoms with van der Waals surface area (Å²) in [4.78, 5) is 12.2. The molecule has 2 rings (SSSR count). The summed E-state index contributed by atoms with van der Waals surface area (Å²) < 4.78 is 1.68. The van der Waals surface area contributed by atoms with Gasteiger partial charge in [-0.1, -0.05) is 13.0 Å². The molecule has 0 spiro atoms. The highest BCUT2D eigenvalue weighted by Gasteiger charge is 2.25. The number of carbonyl (C=O) groups excluding carboxylic acids is 1. The Morgan fingerprint density at radius 1 is 1.56 bits per heavy atom. The minimum Gasteiger partial charge on any atom is -0.346 e. The zero-order valence-electron chi connectivity index (χ0n) is 10.5. The van der Waals surface area contributed by atoms with E-state index in [2.05, 4.69) is 10.4 Å². The van der Waals surface area contributed by atoms with Crippen LogP contribution in [0.3, 0.4) is 0 Å². The number of alkyl halides is 1. The molecule has 1 atom stereocenters. The predicted octanol–water partition coefficient (Wildman–Crippen LogP) is 2.47. The fourth-order valence-corrected chi connectivity index (χ4v) is 1.92. The molecule has 4 nitrogen and oxygen atoms in total. The fraction of sp³-hybridized carbons (Fsp3) is 0.385. The normalized spacial score (nSPS) is 14.4. The Hall–Kier alpha value is -1.55. The van der Waals surface area contributed by atoms with E-state index in [1.54, 1.807) is 10.7 Å². The number of nitrogens with zero attached hydrogens (tertiary/aromatic N) is 2. The van der Waals surface area contributed by atoms with Crippen molar-refractivity contribution < 1.29 is 4.79 Å². The molecule has 0 aliphatic heterocycles. The smallest absolute Gasteiger partial charge is 0.255 e. The van der Waals surface area contributed by atoms with Gasteiger partial charge in [-0.2, -0.15) is 5.10 Å². The molecule has 0 radical (unpaired) electrons. The summed E-state index contributed by atoms with van der Waals surface area (Å²) in [6.45, 7) is 3.93. The van der Waals surface area contributed by atoms with Gasteiger partial charge < -0.3 is 5.32 Å². The summed E-state index contributed by atoms with van der Waals surface area (Å²) in [5, 5.41) is 7.11. The van der Waals surface area contributed by atoms with Crippen molar-refractivity contribution >= 4 is 23.0 Å². The Morgan fingerprint density at radius 3 is 3.00 bits per heavy atom. The fourth-order valence-electron chi connectivity index (χ4n) is 1.67. The summed E-state index contributed by atoms with van der Waals surface area (Å²) in [5.41, 5.74) is 0.977. The van der Waals surface area contributed by atoms with Gasteiger partial charge in [-0.15, -0.1) is 11.6 Å². The maximum absolute atomic E-state index is 12.2. The maximum atomic E-state index is 12.2. The van der Waals surface area contributed by atoms with Gasteiger partial charge in [-0.25, -0.2) is 4.52 Å². The van der Waals surface area contributed by atoms with Gasteiger partial charge in [0.15, 0.2) is 0 Å². The molecule has 1 unspecified atom stereocenters. The largest absolute Gasteiger partial charge is 0.346 e. The summed E-state index contributed by atoms with van der Waals surface area (Å²) in [5.74, 6) is 0.246. The monoisotopic (exact) mass is 265 g/mol. The number of halogens is 1. The van der Waals surface area contributed by atoms with Crippen molar-refractivity contribution in [2.24, 2.45) is 0 Å². The lowest BCUT2D eigenvalue weighted by molar-refractivity contribution is 0.0914. The molecule has 5 heteroatoms. The van der Waals surface area contributed by atoms with Gasteiger partial charge in [-0.3, -0.25) is 4.79 Å². The third-order valence-corrected chi connectivity index (χ3v) is 3.75. The van der Waals surface area contributed by atoms with Crippen LogP contribution in [0.2, 0.25) is 0 Å². The molecular weight excluding hydrogens is 250 g/mol. The van der Waals surface area contributed by atoms with Crippen LogP contribution in [0.1, 0.15) is 30.6 Å². The van der Waals surface area contributed by atoms with Crippen molar-refractivity contribution in [3.8, 4) is 0 Å². The van der Waals surface area contributed by atoms with Crippen LogP contribution in [0.4, 0.5) is 0 Å². The molecule has 0 saturated heterocycles. The van der Waals surface area contributed by atoms with E-state index in [1.807, 2.05) is 38.2 Å². The van der Waals surface area contributed by atoms with E-state index < -0.39 is 0 Å². The minimum atomic E-state index is -0.387. The zero-order valence-corrected chi connectivity index (χ0v) is 11.2. The molecule has 0 fully saturated rings. The van der Waals surface area contributed by atoms with Crippen molar-refractivity contribution in [1.29, 1.82) is 0 Å². The standard InChI is InChI=1S/C13H16ClN3O/c1-3-13(2,9-14)16-12(18)10-8-15-17-7-5-4-6-11(10)17/h4-8H,3,9H2,1-2H3,(H,16,18). The molecule has 0 aromatic carbocycles. The van der Waals surface area contributed by atoms with E-state index >= 15 is 0 Å². The molecule has 0 aliphatic carbocycles. The number of fused-ring (bicyclic) bond motifs is 1. The lowest BCUT2D eigenvalue weighted by Gasteiger charge is -2.26. The number of aromatic nitrogens is 2. The number of hydrogen-bond donors (Lipinski definition) is 1. The van der Waals surface area contributed by atoms with E-state index in [1.165, 1.54) is 0 Å². The lowest BCUT2D eigenvalue weighted by atomic mass is 10.0. The van der Waals surface area contributed by atoms with E-state index in [4.69, 9.17) is 11.6 Å². The molecule has 0 saturated carbocycles. The first-order chi connectivity index (χ1) is 8.59. The van der Waals surface area contributed by atoms with Crippen LogP contribution < -0.4 is 5.32 Å². The molecule has 2 heterocycles. The highest BCUT2D eigenvalue weighted by Crippen LogP contribution is 2.15.